The van der Waals surface area contributed by atoms with Gasteiger partial charge in [-0.2, -0.15) is 0 Å². The molecule has 4 heteroatoms. The summed E-state index contributed by atoms with van der Waals surface area (Å²) in [5, 5.41) is 2.34. The summed E-state index contributed by atoms with van der Waals surface area (Å²) in [6.45, 7) is 0. The Morgan fingerprint density at radius 1 is 1.22 bits per heavy atom. The lowest BCUT2D eigenvalue weighted by atomic mass is 9.67. The fourth-order valence-electron chi connectivity index (χ4n) is 3.89. The van der Waals surface area contributed by atoms with E-state index >= 15 is 0 Å². The van der Waals surface area contributed by atoms with Gasteiger partial charge in [-0.15, -0.1) is 0 Å². The van der Waals surface area contributed by atoms with Crippen LogP contribution < -0.4 is 5.32 Å². The lowest BCUT2D eigenvalue weighted by molar-refractivity contribution is -0.126. The van der Waals surface area contributed by atoms with Crippen molar-refractivity contribution in [3.63, 3.8) is 0 Å². The van der Waals surface area contributed by atoms with Gasteiger partial charge in [0.1, 0.15) is 5.92 Å². The van der Waals surface area contributed by atoms with Crippen LogP contribution in [0, 0.1) is 5.92 Å². The Morgan fingerprint density at radius 2 is 2.06 bits per heavy atom. The molecule has 3 aliphatic rings. The topological polar surface area (TPSA) is 63.2 Å². The Morgan fingerprint density at radius 3 is 2.89 bits per heavy atom. The zero-order chi connectivity index (χ0) is 12.5. The number of nitrogens with one attached hydrogen (secondary N) is 1. The maximum atomic E-state index is 12.4. The van der Waals surface area contributed by atoms with E-state index in [0.717, 1.165) is 24.0 Å². The second-order valence-corrected chi connectivity index (χ2v) is 5.28. The van der Waals surface area contributed by atoms with Gasteiger partial charge in [0.25, 0.3) is 0 Å². The first-order valence-corrected chi connectivity index (χ1v) is 6.18. The number of hydrogen-bond donors (Lipinski definition) is 1. The number of aryl methyl sites for hydroxylation is 1. The Hall–Kier alpha value is -1.97. The van der Waals surface area contributed by atoms with Crippen molar-refractivity contribution < 1.29 is 14.4 Å². The van der Waals surface area contributed by atoms with E-state index in [1.807, 2.05) is 12.1 Å². The molecule has 1 spiro atoms. The van der Waals surface area contributed by atoms with Gasteiger partial charge in [-0.25, -0.2) is 0 Å². The average molecular weight is 241 g/mol. The molecule has 4 rings (SSSR count). The van der Waals surface area contributed by atoms with Crippen molar-refractivity contribution >= 4 is 17.6 Å². The minimum Gasteiger partial charge on any atom is -0.295 e. The Balaban J connectivity index is 2.12. The van der Waals surface area contributed by atoms with Gasteiger partial charge in [-0.05, 0) is 30.4 Å². The standard InChI is InChI=1S/C14H11NO3/c16-11-8-5-1-3-7-4-2-6-14(9(7)8)10(11)12(17)15-13(14)18/h1,3,5,10H,2,4,6H2,(H,15,17,18)/t10-,14-/m1/s1. The van der Waals surface area contributed by atoms with Crippen LogP contribution in [0.1, 0.15) is 34.3 Å². The molecule has 2 amide bonds. The van der Waals surface area contributed by atoms with Crippen LogP contribution in [0.3, 0.4) is 0 Å². The van der Waals surface area contributed by atoms with E-state index < -0.39 is 17.2 Å². The van der Waals surface area contributed by atoms with Crippen LogP contribution in [0.4, 0.5) is 0 Å². The van der Waals surface area contributed by atoms with Crippen LogP contribution in [0.2, 0.25) is 0 Å². The van der Waals surface area contributed by atoms with E-state index in [-0.39, 0.29) is 11.7 Å². The first-order valence-electron chi connectivity index (χ1n) is 6.18. The second-order valence-electron chi connectivity index (χ2n) is 5.28. The average Bonchev–Trinajstić information content (AvgIpc) is 2.76. The van der Waals surface area contributed by atoms with Gasteiger partial charge in [-0.3, -0.25) is 19.7 Å². The first kappa shape index (κ1) is 10.00. The molecule has 1 aliphatic heterocycles. The Bertz CT molecular complexity index is 634. The summed E-state index contributed by atoms with van der Waals surface area (Å²) < 4.78 is 0. The van der Waals surface area contributed by atoms with E-state index in [9.17, 15) is 14.4 Å². The molecule has 1 N–H and O–H groups in total. The number of rotatable bonds is 0. The highest BCUT2D eigenvalue weighted by Crippen LogP contribution is 2.53. The van der Waals surface area contributed by atoms with Crippen molar-refractivity contribution in [1.29, 1.82) is 0 Å². The summed E-state index contributed by atoms with van der Waals surface area (Å²) in [4.78, 5) is 36.5. The number of benzene rings is 1. The lowest BCUT2D eigenvalue weighted by Gasteiger charge is -2.31. The molecule has 18 heavy (non-hydrogen) atoms. The predicted molar refractivity (Wildman–Crippen MR) is 62.0 cm³/mol. The highest BCUT2D eigenvalue weighted by molar-refractivity contribution is 6.27. The number of imide groups is 1. The number of Topliss-reactive ketones (excluding diaryl/α,β-unsaturated/α-hetero) is 1. The van der Waals surface area contributed by atoms with Crippen molar-refractivity contribution in [3.8, 4) is 0 Å². The van der Waals surface area contributed by atoms with Gasteiger partial charge in [0, 0.05) is 5.56 Å². The summed E-state index contributed by atoms with van der Waals surface area (Å²) in [6, 6.07) is 5.55. The quantitative estimate of drug-likeness (QED) is 0.538. The smallest absolute Gasteiger partial charge is 0.238 e. The van der Waals surface area contributed by atoms with Gasteiger partial charge in [0.15, 0.2) is 5.78 Å². The number of amides is 2. The molecule has 0 bridgehead atoms. The molecule has 1 saturated heterocycles. The van der Waals surface area contributed by atoms with Gasteiger partial charge in [0.2, 0.25) is 11.8 Å². The highest BCUT2D eigenvalue weighted by atomic mass is 16.2. The van der Waals surface area contributed by atoms with Crippen LogP contribution >= 0.6 is 0 Å². The van der Waals surface area contributed by atoms with Crippen molar-refractivity contribution in [2.45, 2.75) is 24.7 Å². The fraction of sp³-hybridized carbons (Fsp3) is 0.357. The molecular formula is C14H11NO3. The first-order chi connectivity index (χ1) is 8.66. The molecule has 0 saturated carbocycles. The minimum absolute atomic E-state index is 0.183. The summed E-state index contributed by atoms with van der Waals surface area (Å²) in [7, 11) is 0. The molecule has 2 aliphatic carbocycles. The molecule has 1 aromatic rings. The SMILES string of the molecule is O=C1NC(=O)[C@]23CCCc4cccc(c42)C(=O)[C@H]13. The normalized spacial score (nSPS) is 32.2. The zero-order valence-electron chi connectivity index (χ0n) is 9.66. The third kappa shape index (κ3) is 0.847. The van der Waals surface area contributed by atoms with Crippen molar-refractivity contribution in [2.24, 2.45) is 5.92 Å². The predicted octanol–water partition coefficient (Wildman–Crippen LogP) is 0.730. The number of carbonyl (C=O) groups is 3. The van der Waals surface area contributed by atoms with E-state index in [2.05, 4.69) is 5.32 Å². The minimum atomic E-state index is -0.891. The van der Waals surface area contributed by atoms with Crippen LogP contribution in [0.25, 0.3) is 0 Å². The van der Waals surface area contributed by atoms with E-state index in [0.29, 0.717) is 12.0 Å². The van der Waals surface area contributed by atoms with Crippen LogP contribution in [0.15, 0.2) is 18.2 Å². The number of hydrogen-bond acceptors (Lipinski definition) is 3. The number of carbonyl (C=O) groups excluding carboxylic acids is 3. The molecule has 0 aromatic heterocycles. The Labute approximate surface area is 103 Å². The maximum absolute atomic E-state index is 12.4. The van der Waals surface area contributed by atoms with Gasteiger partial charge >= 0.3 is 0 Å². The van der Waals surface area contributed by atoms with E-state index in [1.54, 1.807) is 6.07 Å². The van der Waals surface area contributed by atoms with Crippen LogP contribution in [0.5, 0.6) is 0 Å². The van der Waals surface area contributed by atoms with Gasteiger partial charge < -0.3 is 0 Å². The lowest BCUT2D eigenvalue weighted by Crippen LogP contribution is -2.40. The van der Waals surface area contributed by atoms with E-state index in [1.165, 1.54) is 0 Å². The molecule has 0 unspecified atom stereocenters. The summed E-state index contributed by atoms with van der Waals surface area (Å²) >= 11 is 0. The van der Waals surface area contributed by atoms with Crippen LogP contribution in [-0.2, 0) is 21.4 Å². The maximum Gasteiger partial charge on any atom is 0.238 e. The van der Waals surface area contributed by atoms with Crippen molar-refractivity contribution in [2.75, 3.05) is 0 Å². The molecule has 4 nitrogen and oxygen atoms in total. The summed E-state index contributed by atoms with van der Waals surface area (Å²) in [5.74, 6) is -1.70. The monoisotopic (exact) mass is 241 g/mol. The summed E-state index contributed by atoms with van der Waals surface area (Å²) in [5.41, 5.74) is 1.58. The van der Waals surface area contributed by atoms with Crippen LogP contribution in [-0.4, -0.2) is 17.6 Å². The number of ketones is 1. The molecule has 2 atom stereocenters. The third-order valence-electron chi connectivity index (χ3n) is 4.54. The van der Waals surface area contributed by atoms with Crippen molar-refractivity contribution in [1.82, 2.24) is 5.32 Å². The molecule has 1 fully saturated rings. The van der Waals surface area contributed by atoms with Gasteiger partial charge in [-0.1, -0.05) is 18.2 Å². The van der Waals surface area contributed by atoms with Gasteiger partial charge in [0.05, 0.1) is 5.41 Å². The molecular weight excluding hydrogens is 230 g/mol. The third-order valence-corrected chi connectivity index (χ3v) is 4.54. The Kier molecular flexibility index (Phi) is 1.60. The fourth-order valence-corrected chi connectivity index (χ4v) is 3.89. The van der Waals surface area contributed by atoms with Crippen molar-refractivity contribution in [3.05, 3.63) is 34.9 Å². The molecule has 1 aromatic carbocycles. The zero-order valence-corrected chi connectivity index (χ0v) is 9.66. The second kappa shape index (κ2) is 2.88. The largest absolute Gasteiger partial charge is 0.295 e. The highest BCUT2D eigenvalue weighted by Gasteiger charge is 2.65. The molecule has 0 radical (unpaired) electrons. The molecule has 1 heterocycles. The van der Waals surface area contributed by atoms with E-state index in [4.69, 9.17) is 0 Å². The summed E-state index contributed by atoms with van der Waals surface area (Å²) in [6.07, 6.45) is 2.33. The molecule has 90 valence electrons.